The monoisotopic (exact) mass is 533 g/mol. The number of fused-ring (bicyclic) bond motifs is 1. The molecule has 39 heavy (non-hydrogen) atoms. The zero-order valence-electron chi connectivity index (χ0n) is 23.2. The Balaban J connectivity index is 1.26. The van der Waals surface area contributed by atoms with Crippen LogP contribution in [0.3, 0.4) is 0 Å². The molecule has 7 nitrogen and oxygen atoms in total. The number of nitrogens with zero attached hydrogens (tertiary/aromatic N) is 5. The van der Waals surface area contributed by atoms with Crippen molar-refractivity contribution in [1.29, 1.82) is 0 Å². The minimum absolute atomic E-state index is 0.358. The second-order valence-electron chi connectivity index (χ2n) is 11.3. The van der Waals surface area contributed by atoms with E-state index < -0.39 is 5.67 Å². The second-order valence-corrected chi connectivity index (χ2v) is 11.3. The van der Waals surface area contributed by atoms with Crippen LogP contribution in [0.5, 0.6) is 5.75 Å². The molecule has 0 N–H and O–H groups in total. The zero-order valence-corrected chi connectivity index (χ0v) is 23.2. The normalized spacial score (nSPS) is 20.1. The van der Waals surface area contributed by atoms with Crippen molar-refractivity contribution in [3.05, 3.63) is 53.9 Å². The summed E-state index contributed by atoms with van der Waals surface area (Å²) in [7, 11) is 3.88. The fourth-order valence-electron chi connectivity index (χ4n) is 6.14. The Labute approximate surface area is 230 Å². The van der Waals surface area contributed by atoms with Crippen LogP contribution in [-0.4, -0.2) is 81.5 Å². The van der Waals surface area contributed by atoms with E-state index in [-0.39, 0.29) is 0 Å². The molecular formula is C31H40FN5O2. The molecule has 0 spiro atoms. The van der Waals surface area contributed by atoms with Crippen LogP contribution in [0.1, 0.15) is 49.4 Å². The molecule has 1 aliphatic carbocycles. The molecule has 208 valence electrons. The molecule has 0 amide bonds. The summed E-state index contributed by atoms with van der Waals surface area (Å²) in [5.41, 5.74) is 1.84. The Morgan fingerprint density at radius 1 is 1.05 bits per heavy atom. The van der Waals surface area contributed by atoms with Crippen molar-refractivity contribution >= 4 is 22.4 Å². The van der Waals surface area contributed by atoms with E-state index in [2.05, 4.69) is 46.0 Å². The third-order valence-electron chi connectivity index (χ3n) is 8.88. The lowest BCUT2D eigenvalue weighted by Crippen LogP contribution is -2.40. The smallest absolute Gasteiger partial charge is 0.170 e. The summed E-state index contributed by atoms with van der Waals surface area (Å²) < 4.78 is 26.7. The van der Waals surface area contributed by atoms with E-state index in [4.69, 9.17) is 19.4 Å². The van der Waals surface area contributed by atoms with Gasteiger partial charge in [-0.1, -0.05) is 18.2 Å². The summed E-state index contributed by atoms with van der Waals surface area (Å²) in [6.45, 7) is 7.26. The number of morpholine rings is 1. The number of methoxy groups -OCH3 is 1. The van der Waals surface area contributed by atoms with Crippen molar-refractivity contribution in [3.8, 4) is 5.75 Å². The van der Waals surface area contributed by atoms with Crippen molar-refractivity contribution in [2.75, 3.05) is 76.4 Å². The highest BCUT2D eigenvalue weighted by Crippen LogP contribution is 2.45. The van der Waals surface area contributed by atoms with E-state index in [1.807, 2.05) is 18.2 Å². The SMILES string of the molecule is COc1ccccc1C1CCN(c2nc(C3(F)CCC3)nc3ccc(N(C)CCN4CCOCC4)cc23)CC1. The number of halogens is 1. The molecule has 3 heterocycles. The molecule has 3 aromatic rings. The van der Waals surface area contributed by atoms with Gasteiger partial charge in [0.05, 0.1) is 25.8 Å². The van der Waals surface area contributed by atoms with Crippen molar-refractivity contribution in [3.63, 3.8) is 0 Å². The number of anilines is 2. The summed E-state index contributed by atoms with van der Waals surface area (Å²) in [6, 6.07) is 14.7. The highest BCUT2D eigenvalue weighted by atomic mass is 19.1. The van der Waals surface area contributed by atoms with E-state index in [1.165, 1.54) is 5.56 Å². The maximum atomic E-state index is 15.6. The minimum atomic E-state index is -1.40. The highest BCUT2D eigenvalue weighted by molar-refractivity contribution is 5.92. The fraction of sp³-hybridized carbons (Fsp3) is 0.548. The predicted octanol–water partition coefficient (Wildman–Crippen LogP) is 5.14. The van der Waals surface area contributed by atoms with Crippen molar-refractivity contribution in [1.82, 2.24) is 14.9 Å². The molecule has 6 rings (SSSR count). The van der Waals surface area contributed by atoms with Gasteiger partial charge in [0, 0.05) is 57.4 Å². The van der Waals surface area contributed by atoms with Gasteiger partial charge in [-0.05, 0) is 67.9 Å². The quantitative estimate of drug-likeness (QED) is 0.397. The van der Waals surface area contributed by atoms with Crippen molar-refractivity contribution in [2.45, 2.75) is 43.7 Å². The van der Waals surface area contributed by atoms with E-state index in [1.54, 1.807) is 7.11 Å². The average Bonchev–Trinajstić information content (AvgIpc) is 2.98. The Kier molecular flexibility index (Phi) is 7.58. The average molecular weight is 534 g/mol. The Bertz CT molecular complexity index is 1290. The lowest BCUT2D eigenvalue weighted by molar-refractivity contribution is 0.0393. The van der Waals surface area contributed by atoms with Gasteiger partial charge >= 0.3 is 0 Å². The molecule has 1 saturated carbocycles. The third kappa shape index (κ3) is 5.41. The van der Waals surface area contributed by atoms with Crippen LogP contribution in [0, 0.1) is 0 Å². The topological polar surface area (TPSA) is 54.0 Å². The van der Waals surface area contributed by atoms with Gasteiger partial charge in [0.15, 0.2) is 11.5 Å². The second kappa shape index (κ2) is 11.3. The van der Waals surface area contributed by atoms with Crippen LogP contribution >= 0.6 is 0 Å². The molecule has 0 unspecified atom stereocenters. The summed E-state index contributed by atoms with van der Waals surface area (Å²) in [4.78, 5) is 16.8. The van der Waals surface area contributed by atoms with Gasteiger partial charge in [-0.2, -0.15) is 0 Å². The van der Waals surface area contributed by atoms with Gasteiger partial charge in [-0.25, -0.2) is 14.4 Å². The van der Waals surface area contributed by atoms with Gasteiger partial charge < -0.3 is 19.3 Å². The fourth-order valence-corrected chi connectivity index (χ4v) is 6.14. The van der Waals surface area contributed by atoms with Crippen LogP contribution in [0.2, 0.25) is 0 Å². The Morgan fingerprint density at radius 2 is 1.82 bits per heavy atom. The van der Waals surface area contributed by atoms with Crippen LogP contribution < -0.4 is 14.5 Å². The van der Waals surface area contributed by atoms with Gasteiger partial charge in [0.2, 0.25) is 0 Å². The molecular weight excluding hydrogens is 493 g/mol. The van der Waals surface area contributed by atoms with Gasteiger partial charge in [0.1, 0.15) is 11.6 Å². The Hall–Kier alpha value is -2.97. The number of aromatic nitrogens is 2. The van der Waals surface area contributed by atoms with E-state index in [0.29, 0.717) is 24.6 Å². The van der Waals surface area contributed by atoms with E-state index in [0.717, 1.165) is 99.9 Å². The third-order valence-corrected chi connectivity index (χ3v) is 8.88. The summed E-state index contributed by atoms with van der Waals surface area (Å²) >= 11 is 0. The molecule has 3 aliphatic rings. The first-order valence-electron chi connectivity index (χ1n) is 14.4. The first-order chi connectivity index (χ1) is 19.0. The molecule has 2 aromatic carbocycles. The molecule has 8 heteroatoms. The minimum Gasteiger partial charge on any atom is -0.496 e. The zero-order chi connectivity index (χ0) is 26.8. The largest absolute Gasteiger partial charge is 0.496 e. The first kappa shape index (κ1) is 26.3. The molecule has 0 radical (unpaired) electrons. The van der Waals surface area contributed by atoms with Crippen molar-refractivity contribution < 1.29 is 13.9 Å². The number of alkyl halides is 1. The summed E-state index contributed by atoms with van der Waals surface area (Å²) in [6.07, 6.45) is 3.92. The number of likely N-dealkylation sites (N-methyl/N-ethyl adjacent to an activating group) is 1. The van der Waals surface area contributed by atoms with Gasteiger partial charge in [-0.15, -0.1) is 0 Å². The maximum absolute atomic E-state index is 15.6. The number of piperidine rings is 1. The lowest BCUT2D eigenvalue weighted by Gasteiger charge is -2.36. The Morgan fingerprint density at radius 3 is 2.54 bits per heavy atom. The van der Waals surface area contributed by atoms with Crippen LogP contribution in [0.25, 0.3) is 10.9 Å². The summed E-state index contributed by atoms with van der Waals surface area (Å²) in [5, 5.41) is 1.01. The number of rotatable bonds is 8. The van der Waals surface area contributed by atoms with Gasteiger partial charge in [0.25, 0.3) is 0 Å². The lowest BCUT2D eigenvalue weighted by atomic mass is 9.81. The molecule has 2 aliphatic heterocycles. The predicted molar refractivity (Wildman–Crippen MR) is 154 cm³/mol. The number of benzene rings is 2. The summed E-state index contributed by atoms with van der Waals surface area (Å²) in [5.74, 6) is 2.63. The first-order valence-corrected chi connectivity index (χ1v) is 14.4. The standard InChI is InChI=1S/C31H40FN5O2/c1-35(16-17-36-18-20-39-21-19-36)24-8-9-27-26(22-24)29(34-30(33-27)31(32)12-5-13-31)37-14-10-23(11-15-37)25-6-3-4-7-28(25)38-2/h3-4,6-9,22-23H,5,10-21H2,1-2H3. The number of hydrogen-bond acceptors (Lipinski definition) is 7. The number of hydrogen-bond donors (Lipinski definition) is 0. The maximum Gasteiger partial charge on any atom is 0.170 e. The molecule has 3 fully saturated rings. The van der Waals surface area contributed by atoms with E-state index in [9.17, 15) is 0 Å². The number of para-hydroxylation sites is 1. The van der Waals surface area contributed by atoms with E-state index >= 15 is 4.39 Å². The van der Waals surface area contributed by atoms with Crippen LogP contribution in [-0.2, 0) is 10.4 Å². The number of ether oxygens (including phenoxy) is 2. The molecule has 0 bridgehead atoms. The highest BCUT2D eigenvalue weighted by Gasteiger charge is 2.42. The van der Waals surface area contributed by atoms with Crippen LogP contribution in [0.4, 0.5) is 15.9 Å². The van der Waals surface area contributed by atoms with Crippen molar-refractivity contribution in [2.24, 2.45) is 0 Å². The van der Waals surface area contributed by atoms with Gasteiger partial charge in [-0.3, -0.25) is 4.90 Å². The molecule has 0 atom stereocenters. The molecule has 2 saturated heterocycles. The molecule has 1 aromatic heterocycles. The van der Waals surface area contributed by atoms with Crippen LogP contribution in [0.15, 0.2) is 42.5 Å².